The highest BCUT2D eigenvalue weighted by molar-refractivity contribution is 6.33. The van der Waals surface area contributed by atoms with Crippen LogP contribution in [0.1, 0.15) is 21.6 Å². The minimum absolute atomic E-state index is 0.411. The summed E-state index contributed by atoms with van der Waals surface area (Å²) < 4.78 is 4.78. The Kier molecular flexibility index (Phi) is 4.88. The fourth-order valence-electron chi connectivity index (χ4n) is 3.29. The average Bonchev–Trinajstić information content (AvgIpc) is 3.13. The Morgan fingerprint density at radius 1 is 1.18 bits per heavy atom. The molecule has 0 aliphatic carbocycles. The predicted octanol–water partition coefficient (Wildman–Crippen LogP) is 4.66. The first-order valence-corrected chi connectivity index (χ1v) is 9.29. The summed E-state index contributed by atoms with van der Waals surface area (Å²) >= 11 is 6.30. The first-order valence-electron chi connectivity index (χ1n) is 8.91. The third-order valence-electron chi connectivity index (χ3n) is 4.62. The van der Waals surface area contributed by atoms with Crippen molar-refractivity contribution >= 4 is 40.7 Å². The van der Waals surface area contributed by atoms with Crippen LogP contribution < -0.4 is 10.2 Å². The fraction of sp³-hybridized carbons (Fsp3) is 0.190. The van der Waals surface area contributed by atoms with Gasteiger partial charge in [-0.25, -0.2) is 9.78 Å². The molecule has 1 N–H and O–H groups in total. The number of nitrogens with zero attached hydrogens (tertiary/aromatic N) is 3. The largest absolute Gasteiger partial charge is 0.465 e. The Labute approximate surface area is 168 Å². The molecule has 3 aromatic rings. The second-order valence-electron chi connectivity index (χ2n) is 6.54. The van der Waals surface area contributed by atoms with Crippen LogP contribution in [0, 0.1) is 6.92 Å². The molecule has 0 bridgehead atoms. The Balaban J connectivity index is 1.67. The van der Waals surface area contributed by atoms with Crippen molar-refractivity contribution in [1.82, 2.24) is 9.97 Å². The highest BCUT2D eigenvalue weighted by Gasteiger charge is 2.22. The Morgan fingerprint density at radius 3 is 2.82 bits per heavy atom. The standard InChI is InChI=1S/C21H19ClN4O2/c1-13-11-19(24-17-12-15(20(27)28-2)7-8-16(17)22)25-21(23-13)26-10-9-14-5-3-4-6-18(14)26/h3-8,11-12H,9-10H2,1-2H3,(H,23,24,25). The molecule has 0 saturated heterocycles. The molecule has 1 aromatic heterocycles. The third kappa shape index (κ3) is 3.51. The second-order valence-corrected chi connectivity index (χ2v) is 6.94. The SMILES string of the molecule is COC(=O)c1ccc(Cl)c(Nc2cc(C)nc(N3CCc4ccccc43)n2)c1. The van der Waals surface area contributed by atoms with Crippen LogP contribution in [0.4, 0.5) is 23.1 Å². The number of methoxy groups -OCH3 is 1. The number of para-hydroxylation sites is 1. The number of rotatable bonds is 4. The molecular formula is C21H19ClN4O2. The summed E-state index contributed by atoms with van der Waals surface area (Å²) in [6, 6.07) is 15.0. The molecule has 2 heterocycles. The summed E-state index contributed by atoms with van der Waals surface area (Å²) in [5.41, 5.74) is 4.24. The number of hydrogen-bond acceptors (Lipinski definition) is 6. The Morgan fingerprint density at radius 2 is 2.00 bits per heavy atom. The zero-order chi connectivity index (χ0) is 19.7. The van der Waals surface area contributed by atoms with Crippen LogP contribution in [0.5, 0.6) is 0 Å². The first-order chi connectivity index (χ1) is 13.5. The lowest BCUT2D eigenvalue weighted by Crippen LogP contribution is -2.17. The van der Waals surface area contributed by atoms with Gasteiger partial charge in [-0.05, 0) is 43.2 Å². The fourth-order valence-corrected chi connectivity index (χ4v) is 3.45. The van der Waals surface area contributed by atoms with Gasteiger partial charge in [0, 0.05) is 24.0 Å². The smallest absolute Gasteiger partial charge is 0.337 e. The maximum absolute atomic E-state index is 11.8. The number of benzene rings is 2. The van der Waals surface area contributed by atoms with Gasteiger partial charge in [-0.15, -0.1) is 0 Å². The number of halogens is 1. The Hall–Kier alpha value is -3.12. The zero-order valence-electron chi connectivity index (χ0n) is 15.6. The van der Waals surface area contributed by atoms with E-state index < -0.39 is 5.97 Å². The van der Waals surface area contributed by atoms with Crippen molar-refractivity contribution in [3.8, 4) is 0 Å². The predicted molar refractivity (Wildman–Crippen MR) is 110 cm³/mol. The van der Waals surface area contributed by atoms with Crippen LogP contribution >= 0.6 is 11.6 Å². The number of ether oxygens (including phenoxy) is 1. The summed E-state index contributed by atoms with van der Waals surface area (Å²) in [5, 5.41) is 3.69. The van der Waals surface area contributed by atoms with Gasteiger partial charge < -0.3 is 15.0 Å². The van der Waals surface area contributed by atoms with Crippen LogP contribution in [0.2, 0.25) is 5.02 Å². The zero-order valence-corrected chi connectivity index (χ0v) is 16.3. The van der Waals surface area contributed by atoms with Crippen LogP contribution in [0.25, 0.3) is 0 Å². The van der Waals surface area contributed by atoms with E-state index >= 15 is 0 Å². The van der Waals surface area contributed by atoms with Crippen LogP contribution in [-0.2, 0) is 11.2 Å². The van der Waals surface area contributed by atoms with E-state index in [4.69, 9.17) is 16.3 Å². The van der Waals surface area contributed by atoms with E-state index in [0.29, 0.717) is 28.0 Å². The Bertz CT molecular complexity index is 1050. The number of carbonyl (C=O) groups excluding carboxylic acids is 1. The monoisotopic (exact) mass is 394 g/mol. The van der Waals surface area contributed by atoms with Gasteiger partial charge >= 0.3 is 5.97 Å². The number of nitrogens with one attached hydrogen (secondary N) is 1. The number of hydrogen-bond donors (Lipinski definition) is 1. The van der Waals surface area contributed by atoms with Crippen molar-refractivity contribution in [2.45, 2.75) is 13.3 Å². The molecule has 0 atom stereocenters. The topological polar surface area (TPSA) is 67.3 Å². The molecule has 2 aromatic carbocycles. The molecule has 6 nitrogen and oxygen atoms in total. The summed E-state index contributed by atoms with van der Waals surface area (Å²) in [7, 11) is 1.35. The maximum Gasteiger partial charge on any atom is 0.337 e. The normalized spacial score (nSPS) is 12.6. The van der Waals surface area contributed by atoms with Gasteiger partial charge in [-0.2, -0.15) is 4.98 Å². The van der Waals surface area contributed by atoms with Crippen molar-refractivity contribution in [3.05, 3.63) is 70.4 Å². The lowest BCUT2D eigenvalue weighted by Gasteiger charge is -2.19. The number of anilines is 4. The van der Waals surface area contributed by atoms with Gasteiger partial charge in [-0.1, -0.05) is 29.8 Å². The highest BCUT2D eigenvalue weighted by Crippen LogP contribution is 2.33. The van der Waals surface area contributed by atoms with E-state index in [0.717, 1.165) is 24.3 Å². The van der Waals surface area contributed by atoms with Crippen LogP contribution in [0.3, 0.4) is 0 Å². The first kappa shape index (κ1) is 18.3. The van der Waals surface area contributed by atoms with Crippen molar-refractivity contribution in [1.29, 1.82) is 0 Å². The van der Waals surface area contributed by atoms with E-state index in [9.17, 15) is 4.79 Å². The average molecular weight is 395 g/mol. The molecule has 0 radical (unpaired) electrons. The molecule has 142 valence electrons. The maximum atomic E-state index is 11.8. The number of aryl methyl sites for hydroxylation is 1. The van der Waals surface area contributed by atoms with E-state index in [-0.39, 0.29) is 0 Å². The molecule has 0 unspecified atom stereocenters. The molecule has 4 rings (SSSR count). The minimum Gasteiger partial charge on any atom is -0.465 e. The molecule has 0 saturated carbocycles. The second kappa shape index (κ2) is 7.48. The van der Waals surface area contributed by atoms with Crippen molar-refractivity contribution in [2.75, 3.05) is 23.9 Å². The minimum atomic E-state index is -0.423. The third-order valence-corrected chi connectivity index (χ3v) is 4.95. The number of esters is 1. The molecule has 1 aliphatic heterocycles. The molecule has 28 heavy (non-hydrogen) atoms. The van der Waals surface area contributed by atoms with Gasteiger partial charge in [0.1, 0.15) is 5.82 Å². The van der Waals surface area contributed by atoms with E-state index in [2.05, 4.69) is 32.3 Å². The number of aromatic nitrogens is 2. The highest BCUT2D eigenvalue weighted by atomic mass is 35.5. The summed E-state index contributed by atoms with van der Waals surface area (Å²) in [5.74, 6) is 0.816. The molecule has 0 spiro atoms. The van der Waals surface area contributed by atoms with E-state index in [1.807, 2.05) is 25.1 Å². The van der Waals surface area contributed by atoms with Gasteiger partial charge in [0.05, 0.1) is 23.4 Å². The summed E-state index contributed by atoms with van der Waals surface area (Å²) in [6.45, 7) is 2.76. The number of carbonyl (C=O) groups is 1. The lowest BCUT2D eigenvalue weighted by molar-refractivity contribution is 0.0601. The van der Waals surface area contributed by atoms with Crippen molar-refractivity contribution in [3.63, 3.8) is 0 Å². The number of fused-ring (bicyclic) bond motifs is 1. The van der Waals surface area contributed by atoms with Crippen LogP contribution in [-0.4, -0.2) is 29.6 Å². The van der Waals surface area contributed by atoms with Gasteiger partial charge in [0.25, 0.3) is 0 Å². The van der Waals surface area contributed by atoms with Gasteiger partial charge in [0.15, 0.2) is 0 Å². The van der Waals surface area contributed by atoms with Crippen molar-refractivity contribution < 1.29 is 9.53 Å². The molecule has 7 heteroatoms. The van der Waals surface area contributed by atoms with E-state index in [1.54, 1.807) is 18.2 Å². The van der Waals surface area contributed by atoms with Crippen LogP contribution in [0.15, 0.2) is 48.5 Å². The quantitative estimate of drug-likeness (QED) is 0.649. The van der Waals surface area contributed by atoms with Gasteiger partial charge in [-0.3, -0.25) is 0 Å². The molecule has 0 amide bonds. The molecular weight excluding hydrogens is 376 g/mol. The van der Waals surface area contributed by atoms with Crippen molar-refractivity contribution in [2.24, 2.45) is 0 Å². The molecule has 1 aliphatic rings. The molecule has 0 fully saturated rings. The summed E-state index contributed by atoms with van der Waals surface area (Å²) in [6.07, 6.45) is 0.962. The van der Waals surface area contributed by atoms with E-state index in [1.165, 1.54) is 12.7 Å². The van der Waals surface area contributed by atoms with Gasteiger partial charge in [0.2, 0.25) is 5.95 Å². The summed E-state index contributed by atoms with van der Waals surface area (Å²) in [4.78, 5) is 23.2. The lowest BCUT2D eigenvalue weighted by atomic mass is 10.2.